The highest BCUT2D eigenvalue weighted by Crippen LogP contribution is 2.15. The fraction of sp³-hybridized carbons (Fsp3) is 0.929. The highest BCUT2D eigenvalue weighted by molar-refractivity contribution is 5.84. The molecular formula is C42H82N2O2. The van der Waals surface area contributed by atoms with Crippen LogP contribution in [-0.2, 0) is 9.59 Å². The Balaban J connectivity index is 3.30. The molecule has 0 saturated heterocycles. The second-order valence-electron chi connectivity index (χ2n) is 14.3. The molecule has 0 aromatic carbocycles. The minimum atomic E-state index is 0.0424. The van der Waals surface area contributed by atoms with Crippen molar-refractivity contribution >= 4 is 18.0 Å². The molecule has 272 valence electrons. The van der Waals surface area contributed by atoms with E-state index in [1.807, 2.05) is 6.21 Å². The lowest BCUT2D eigenvalue weighted by molar-refractivity contribution is -0.121. The van der Waals surface area contributed by atoms with Crippen molar-refractivity contribution in [3.63, 3.8) is 0 Å². The van der Waals surface area contributed by atoms with Gasteiger partial charge in [-0.05, 0) is 32.1 Å². The smallest absolute Gasteiger partial charge is 0.245 e. The van der Waals surface area contributed by atoms with Gasteiger partial charge in [0.1, 0.15) is 0 Å². The van der Waals surface area contributed by atoms with Crippen molar-refractivity contribution in [2.45, 2.75) is 245 Å². The fourth-order valence-corrected chi connectivity index (χ4v) is 6.39. The standard InChI is InChI=1S/C42H82N2O2/c1-3-5-7-9-11-13-15-17-19-21-23-25-27-29-33-37-41(45)43-39-35-31-32-36-40-44-42(46)38-34-30-28-26-24-22-20-18-16-14-12-10-8-6-4-2/h39H,3-38,40H2,1-2H3,(H,44,46). The van der Waals surface area contributed by atoms with Crippen molar-refractivity contribution in [3.05, 3.63) is 0 Å². The Bertz CT molecular complexity index is 648. The minimum absolute atomic E-state index is 0.0424. The average molecular weight is 647 g/mol. The van der Waals surface area contributed by atoms with Crippen LogP contribution in [0.2, 0.25) is 0 Å². The van der Waals surface area contributed by atoms with Crippen LogP contribution < -0.4 is 5.32 Å². The molecule has 2 amide bonds. The van der Waals surface area contributed by atoms with Crippen molar-refractivity contribution in [2.24, 2.45) is 4.99 Å². The molecular weight excluding hydrogens is 564 g/mol. The zero-order chi connectivity index (χ0) is 33.4. The summed E-state index contributed by atoms with van der Waals surface area (Å²) in [6.45, 7) is 5.34. The van der Waals surface area contributed by atoms with Gasteiger partial charge in [-0.1, -0.05) is 200 Å². The third-order valence-electron chi connectivity index (χ3n) is 9.57. The van der Waals surface area contributed by atoms with Crippen LogP contribution in [0.4, 0.5) is 0 Å². The van der Waals surface area contributed by atoms with Crippen molar-refractivity contribution in [1.82, 2.24) is 5.32 Å². The van der Waals surface area contributed by atoms with E-state index >= 15 is 0 Å². The second kappa shape index (κ2) is 40.0. The molecule has 0 spiro atoms. The Labute approximate surface area is 288 Å². The molecule has 0 radical (unpaired) electrons. The molecule has 0 bridgehead atoms. The molecule has 0 aliphatic heterocycles. The third-order valence-corrected chi connectivity index (χ3v) is 9.57. The number of nitrogens with zero attached hydrogens (tertiary/aromatic N) is 1. The summed E-state index contributed by atoms with van der Waals surface area (Å²) in [5, 5.41) is 3.08. The quantitative estimate of drug-likeness (QED) is 0.0536. The molecule has 0 aliphatic carbocycles. The highest BCUT2D eigenvalue weighted by atomic mass is 16.2. The SMILES string of the molecule is CCCCCCCCCCCCCCCCCC(=O)N=CCCCCCNC(=O)CCCCCCCCCCCCCCCCC. The number of rotatable bonds is 38. The number of hydrogen-bond donors (Lipinski definition) is 1. The van der Waals surface area contributed by atoms with E-state index in [2.05, 4.69) is 24.2 Å². The van der Waals surface area contributed by atoms with Crippen LogP contribution in [0.25, 0.3) is 0 Å². The Morgan fingerprint density at radius 3 is 1.13 bits per heavy atom. The summed E-state index contributed by atoms with van der Waals surface area (Å²) in [6, 6.07) is 0. The van der Waals surface area contributed by atoms with Gasteiger partial charge in [-0.3, -0.25) is 9.59 Å². The van der Waals surface area contributed by atoms with E-state index in [0.29, 0.717) is 12.8 Å². The molecule has 0 fully saturated rings. The van der Waals surface area contributed by atoms with Gasteiger partial charge in [0.2, 0.25) is 11.8 Å². The molecule has 0 saturated carbocycles. The molecule has 0 atom stereocenters. The summed E-state index contributed by atoms with van der Waals surface area (Å²) in [6.07, 6.45) is 47.5. The molecule has 0 heterocycles. The van der Waals surface area contributed by atoms with Crippen molar-refractivity contribution < 1.29 is 9.59 Å². The molecule has 46 heavy (non-hydrogen) atoms. The van der Waals surface area contributed by atoms with Gasteiger partial charge in [0.25, 0.3) is 0 Å². The van der Waals surface area contributed by atoms with Gasteiger partial charge in [0.05, 0.1) is 0 Å². The van der Waals surface area contributed by atoms with Gasteiger partial charge >= 0.3 is 0 Å². The predicted molar refractivity (Wildman–Crippen MR) is 204 cm³/mol. The Hall–Kier alpha value is -1.19. The van der Waals surface area contributed by atoms with Gasteiger partial charge in [0.15, 0.2) is 0 Å². The first-order chi connectivity index (χ1) is 22.7. The molecule has 0 rings (SSSR count). The zero-order valence-electron chi connectivity index (χ0n) is 31.5. The molecule has 1 N–H and O–H groups in total. The van der Waals surface area contributed by atoms with Crippen molar-refractivity contribution in [2.75, 3.05) is 6.54 Å². The number of amides is 2. The molecule has 0 unspecified atom stereocenters. The number of carbonyl (C=O) groups is 2. The number of hydrogen-bond acceptors (Lipinski definition) is 2. The zero-order valence-corrected chi connectivity index (χ0v) is 31.5. The lowest BCUT2D eigenvalue weighted by atomic mass is 10.0. The Morgan fingerprint density at radius 1 is 0.413 bits per heavy atom. The van der Waals surface area contributed by atoms with Crippen LogP contribution >= 0.6 is 0 Å². The second-order valence-corrected chi connectivity index (χ2v) is 14.3. The molecule has 0 aromatic heterocycles. The fourth-order valence-electron chi connectivity index (χ4n) is 6.39. The lowest BCUT2D eigenvalue weighted by Crippen LogP contribution is -2.23. The van der Waals surface area contributed by atoms with E-state index in [1.54, 1.807) is 0 Å². The number of carbonyl (C=O) groups excluding carboxylic acids is 2. The summed E-state index contributed by atoms with van der Waals surface area (Å²) in [5.74, 6) is 0.251. The number of unbranched alkanes of at least 4 members (excludes halogenated alkanes) is 31. The number of aliphatic imine (C=N–C) groups is 1. The monoisotopic (exact) mass is 647 g/mol. The van der Waals surface area contributed by atoms with E-state index in [-0.39, 0.29) is 11.8 Å². The summed E-state index contributed by atoms with van der Waals surface area (Å²) >= 11 is 0. The number of nitrogens with one attached hydrogen (secondary N) is 1. The lowest BCUT2D eigenvalue weighted by Gasteiger charge is -2.05. The van der Waals surface area contributed by atoms with Crippen molar-refractivity contribution in [1.29, 1.82) is 0 Å². The van der Waals surface area contributed by atoms with Gasteiger partial charge in [-0.15, -0.1) is 0 Å². The van der Waals surface area contributed by atoms with Crippen LogP contribution in [0, 0.1) is 0 Å². The largest absolute Gasteiger partial charge is 0.356 e. The predicted octanol–water partition coefficient (Wildman–Crippen LogP) is 13.8. The summed E-state index contributed by atoms with van der Waals surface area (Å²) in [7, 11) is 0. The normalized spacial score (nSPS) is 11.5. The molecule has 0 aliphatic rings. The first kappa shape index (κ1) is 44.8. The van der Waals surface area contributed by atoms with Crippen LogP contribution in [0.5, 0.6) is 0 Å². The van der Waals surface area contributed by atoms with E-state index in [4.69, 9.17) is 0 Å². The maximum atomic E-state index is 12.1. The highest BCUT2D eigenvalue weighted by Gasteiger charge is 2.02. The maximum Gasteiger partial charge on any atom is 0.245 e. The topological polar surface area (TPSA) is 58.5 Å². The first-order valence-electron chi connectivity index (χ1n) is 21.0. The first-order valence-corrected chi connectivity index (χ1v) is 21.0. The van der Waals surface area contributed by atoms with Crippen LogP contribution in [0.15, 0.2) is 4.99 Å². The van der Waals surface area contributed by atoms with E-state index in [9.17, 15) is 9.59 Å². The maximum absolute atomic E-state index is 12.1. The molecule has 4 heteroatoms. The van der Waals surface area contributed by atoms with Crippen LogP contribution in [0.3, 0.4) is 0 Å². The Morgan fingerprint density at radius 2 is 0.739 bits per heavy atom. The minimum Gasteiger partial charge on any atom is -0.356 e. The Kier molecular flexibility index (Phi) is 39.0. The van der Waals surface area contributed by atoms with Gasteiger partial charge in [-0.25, -0.2) is 4.99 Å². The average Bonchev–Trinajstić information content (AvgIpc) is 3.05. The van der Waals surface area contributed by atoms with Crippen LogP contribution in [0.1, 0.15) is 245 Å². The van der Waals surface area contributed by atoms with Gasteiger partial charge < -0.3 is 5.32 Å². The van der Waals surface area contributed by atoms with E-state index in [0.717, 1.165) is 51.5 Å². The van der Waals surface area contributed by atoms with E-state index < -0.39 is 0 Å². The summed E-state index contributed by atoms with van der Waals surface area (Å²) in [4.78, 5) is 28.2. The third kappa shape index (κ3) is 39.0. The van der Waals surface area contributed by atoms with E-state index in [1.165, 1.54) is 173 Å². The summed E-state index contributed by atoms with van der Waals surface area (Å²) < 4.78 is 0. The molecule has 4 nitrogen and oxygen atoms in total. The van der Waals surface area contributed by atoms with Crippen LogP contribution in [-0.4, -0.2) is 24.6 Å². The molecule has 0 aromatic rings. The van der Waals surface area contributed by atoms with Crippen molar-refractivity contribution in [3.8, 4) is 0 Å². The summed E-state index contributed by atoms with van der Waals surface area (Å²) in [5.41, 5.74) is 0. The van der Waals surface area contributed by atoms with Gasteiger partial charge in [-0.2, -0.15) is 0 Å². The van der Waals surface area contributed by atoms with Gasteiger partial charge in [0, 0.05) is 25.6 Å².